The van der Waals surface area contributed by atoms with Crippen LogP contribution in [0.4, 0.5) is 39.5 Å². The molecule has 0 saturated heterocycles. The van der Waals surface area contributed by atoms with Gasteiger partial charge in [0.2, 0.25) is 11.8 Å². The third-order valence-corrected chi connectivity index (χ3v) is 13.9. The van der Waals surface area contributed by atoms with Crippen molar-refractivity contribution in [1.29, 1.82) is 0 Å². The van der Waals surface area contributed by atoms with Gasteiger partial charge < -0.3 is 16.0 Å². The lowest BCUT2D eigenvalue weighted by atomic mass is 9.72. The first-order chi connectivity index (χ1) is 36.0. The highest BCUT2D eigenvalue weighted by molar-refractivity contribution is 6.03. The molecular weight excluding hydrogens is 996 g/mol. The number of alkyl halides is 9. The lowest BCUT2D eigenvalue weighted by Crippen LogP contribution is -2.50. The number of hydrogen-bond donors (Lipinski definition) is 4. The van der Waals surface area contributed by atoms with Crippen LogP contribution in [-0.2, 0) is 25.2 Å². The summed E-state index contributed by atoms with van der Waals surface area (Å²) < 4.78 is 121. The highest BCUT2D eigenvalue weighted by atomic mass is 19.4. The van der Waals surface area contributed by atoms with Crippen molar-refractivity contribution in [3.63, 3.8) is 0 Å². The SMILES string of the molecule is C=C/C=C(\C(=C)C(=C)/C=C\C(=C)C(F)(F)F)C(=O)NC(CCCCCCCC1(C(=O)NC(F)(F)F)C(/C=C\C)=C(C=C)c2ccccc21)CCNCCCCC1(C(=O)NCC(F)(F)F)c2ccccc2-c2ccccc21. The summed E-state index contributed by atoms with van der Waals surface area (Å²) in [6.45, 7) is 19.4. The number of benzene rings is 3. The summed E-state index contributed by atoms with van der Waals surface area (Å²) in [5, 5.41) is 9.85. The van der Waals surface area contributed by atoms with E-state index in [0.29, 0.717) is 104 Å². The van der Waals surface area contributed by atoms with Crippen LogP contribution in [0, 0.1) is 0 Å². The average molecular weight is 1060 g/mol. The first-order valence-corrected chi connectivity index (χ1v) is 25.2. The molecular formula is C60H65F9N4O3. The maximum absolute atomic E-state index is 13.9. The van der Waals surface area contributed by atoms with Crippen molar-refractivity contribution in [3.05, 3.63) is 198 Å². The number of amides is 3. The van der Waals surface area contributed by atoms with Crippen LogP contribution in [-0.4, -0.2) is 62.1 Å². The molecule has 3 aromatic carbocycles. The molecule has 0 bridgehead atoms. The lowest BCUT2D eigenvalue weighted by molar-refractivity contribution is -0.172. The smallest absolute Gasteiger partial charge is 0.349 e. The summed E-state index contributed by atoms with van der Waals surface area (Å²) in [5.74, 6) is -2.49. The molecule has 5 rings (SSSR count). The average Bonchev–Trinajstić information content (AvgIpc) is 3.81. The number of unbranched alkanes of at least 4 members (excludes halogenated alkanes) is 5. The van der Waals surface area contributed by atoms with Gasteiger partial charge in [-0.3, -0.25) is 19.7 Å². The van der Waals surface area contributed by atoms with Crippen molar-refractivity contribution in [2.75, 3.05) is 19.6 Å². The highest BCUT2D eigenvalue weighted by Gasteiger charge is 2.52. The molecule has 0 saturated carbocycles. The van der Waals surface area contributed by atoms with Gasteiger partial charge in [-0.1, -0.05) is 181 Å². The number of carbonyl (C=O) groups is 3. The Morgan fingerprint density at radius 1 is 0.658 bits per heavy atom. The topological polar surface area (TPSA) is 99.3 Å². The minimum Gasteiger partial charge on any atom is -0.349 e. The zero-order valence-electron chi connectivity index (χ0n) is 42.6. The molecule has 406 valence electrons. The molecule has 0 aromatic heterocycles. The summed E-state index contributed by atoms with van der Waals surface area (Å²) in [7, 11) is 0. The van der Waals surface area contributed by atoms with Crippen LogP contribution >= 0.6 is 0 Å². The van der Waals surface area contributed by atoms with Crippen molar-refractivity contribution in [1.82, 2.24) is 21.3 Å². The van der Waals surface area contributed by atoms with Crippen LogP contribution in [0.25, 0.3) is 16.7 Å². The summed E-state index contributed by atoms with van der Waals surface area (Å²) >= 11 is 0. The van der Waals surface area contributed by atoms with Gasteiger partial charge >= 0.3 is 18.7 Å². The lowest BCUT2D eigenvalue weighted by Gasteiger charge is -2.32. The van der Waals surface area contributed by atoms with Gasteiger partial charge in [-0.2, -0.15) is 39.5 Å². The normalized spacial score (nSPS) is 16.5. The van der Waals surface area contributed by atoms with E-state index in [-0.39, 0.29) is 29.6 Å². The van der Waals surface area contributed by atoms with E-state index in [1.165, 1.54) is 17.5 Å². The minimum absolute atomic E-state index is 0.0198. The quantitative estimate of drug-likeness (QED) is 0.0191. The second-order valence-corrected chi connectivity index (χ2v) is 18.9. The van der Waals surface area contributed by atoms with Gasteiger partial charge in [0, 0.05) is 17.2 Å². The van der Waals surface area contributed by atoms with Crippen LogP contribution < -0.4 is 21.3 Å². The van der Waals surface area contributed by atoms with E-state index in [1.807, 2.05) is 24.3 Å². The van der Waals surface area contributed by atoms with Crippen LogP contribution in [0.5, 0.6) is 0 Å². The number of halogens is 9. The van der Waals surface area contributed by atoms with E-state index in [9.17, 15) is 53.9 Å². The second-order valence-electron chi connectivity index (χ2n) is 18.9. The van der Waals surface area contributed by atoms with E-state index in [1.54, 1.807) is 73.7 Å². The van der Waals surface area contributed by atoms with Crippen molar-refractivity contribution in [2.24, 2.45) is 0 Å². The van der Waals surface area contributed by atoms with E-state index >= 15 is 0 Å². The van der Waals surface area contributed by atoms with Gasteiger partial charge in [-0.15, -0.1) is 0 Å². The highest BCUT2D eigenvalue weighted by Crippen LogP contribution is 2.53. The van der Waals surface area contributed by atoms with Crippen molar-refractivity contribution < 1.29 is 53.9 Å². The van der Waals surface area contributed by atoms with Crippen LogP contribution in [0.2, 0.25) is 0 Å². The van der Waals surface area contributed by atoms with Crippen molar-refractivity contribution >= 4 is 23.3 Å². The largest absolute Gasteiger partial charge is 0.484 e. The molecule has 3 aromatic rings. The van der Waals surface area contributed by atoms with Gasteiger partial charge in [0.15, 0.2) is 0 Å². The number of fused-ring (bicyclic) bond motifs is 4. The first kappa shape index (κ1) is 59.9. The van der Waals surface area contributed by atoms with Crippen molar-refractivity contribution in [2.45, 2.75) is 113 Å². The third kappa shape index (κ3) is 14.5. The molecule has 4 N–H and O–H groups in total. The van der Waals surface area contributed by atoms with Crippen LogP contribution in [0.1, 0.15) is 99.8 Å². The monoisotopic (exact) mass is 1060 g/mol. The summed E-state index contributed by atoms with van der Waals surface area (Å²) in [4.78, 5) is 41.7. The predicted molar refractivity (Wildman–Crippen MR) is 282 cm³/mol. The van der Waals surface area contributed by atoms with Crippen LogP contribution in [0.15, 0.2) is 176 Å². The molecule has 7 nitrogen and oxygen atoms in total. The van der Waals surface area contributed by atoms with Gasteiger partial charge in [0.05, 0.1) is 0 Å². The predicted octanol–water partition coefficient (Wildman–Crippen LogP) is 14.0. The van der Waals surface area contributed by atoms with E-state index in [0.717, 1.165) is 23.3 Å². The Morgan fingerprint density at radius 2 is 1.21 bits per heavy atom. The van der Waals surface area contributed by atoms with Gasteiger partial charge in [-0.05, 0) is 114 Å². The van der Waals surface area contributed by atoms with Crippen molar-refractivity contribution in [3.8, 4) is 11.1 Å². The Labute approximate surface area is 439 Å². The summed E-state index contributed by atoms with van der Waals surface area (Å²) in [6.07, 6.45) is 0.264. The number of carbonyl (C=O) groups excluding carboxylic acids is 3. The molecule has 2 atom stereocenters. The zero-order valence-corrected chi connectivity index (χ0v) is 42.6. The van der Waals surface area contributed by atoms with Gasteiger partial charge in [0.1, 0.15) is 17.4 Å². The maximum atomic E-state index is 13.9. The fourth-order valence-corrected chi connectivity index (χ4v) is 10.3. The summed E-state index contributed by atoms with van der Waals surface area (Å²) in [5.41, 5.74) is 0.949. The molecule has 0 radical (unpaired) electrons. The summed E-state index contributed by atoms with van der Waals surface area (Å²) in [6, 6.07) is 20.9. The molecule has 2 unspecified atom stereocenters. The third-order valence-electron chi connectivity index (χ3n) is 13.9. The molecule has 0 spiro atoms. The number of nitrogens with one attached hydrogen (secondary N) is 4. The first-order valence-electron chi connectivity index (χ1n) is 25.2. The Balaban J connectivity index is 1.26. The van der Waals surface area contributed by atoms with Gasteiger partial charge in [0.25, 0.3) is 5.91 Å². The maximum Gasteiger partial charge on any atom is 0.484 e. The Bertz CT molecular complexity index is 2730. The molecule has 16 heteroatoms. The van der Waals surface area contributed by atoms with E-state index < -0.39 is 65.4 Å². The standard InChI is InChI=1S/C60H65F9N4O3/c1-7-23-45(42(6)40(4)32-33-41(5)59(64,65)66)53(74)72-43(25-13-11-10-12-20-35-57(55(76)73-60(67,68)69)49(24-8-2)44(9-3)46-26-14-17-29-50(46)57)34-38-70-37-22-21-36-56(54(75)71-39-58(61,62)63)51-30-18-15-27-47(51)48-28-16-19-31-52(48)56/h7-9,14-19,23-24,26-33,43,70H,1,3-6,10-13,20-22,25,34-39H2,2H3,(H,71,75)(H,72,74)(H,73,76)/b24-8-,33-32-,45-23+. The van der Waals surface area contributed by atoms with Gasteiger partial charge in [-0.25, -0.2) is 0 Å². The Hall–Kier alpha value is -6.94. The number of hydrogen-bond acceptors (Lipinski definition) is 4. The Kier molecular flexibility index (Phi) is 20.7. The number of allylic oxidation sites excluding steroid dienone is 10. The molecule has 0 heterocycles. The van der Waals surface area contributed by atoms with E-state index in [4.69, 9.17) is 0 Å². The molecule has 0 fully saturated rings. The minimum atomic E-state index is -4.96. The molecule has 2 aliphatic rings. The second kappa shape index (κ2) is 26.2. The number of rotatable bonds is 28. The molecule has 76 heavy (non-hydrogen) atoms. The Morgan fingerprint density at radius 3 is 1.78 bits per heavy atom. The molecule has 2 aliphatic carbocycles. The zero-order chi connectivity index (χ0) is 55.9. The molecule has 3 amide bonds. The molecule has 0 aliphatic heterocycles. The fraction of sp³-hybridized carbons (Fsp3) is 0.350. The van der Waals surface area contributed by atoms with E-state index in [2.05, 4.69) is 48.8 Å². The fourth-order valence-electron chi connectivity index (χ4n) is 10.3. The van der Waals surface area contributed by atoms with Crippen LogP contribution in [0.3, 0.4) is 0 Å².